The summed E-state index contributed by atoms with van der Waals surface area (Å²) in [5.74, 6) is 0.622. The molecule has 0 bridgehead atoms. The third kappa shape index (κ3) is 4.82. The first-order valence-electron chi connectivity index (χ1n) is 7.26. The molecule has 122 valence electrons. The molecule has 0 saturated heterocycles. The van der Waals surface area contributed by atoms with Crippen LogP contribution in [0.5, 0.6) is 11.5 Å². The first kappa shape index (κ1) is 17.0. The van der Waals surface area contributed by atoms with E-state index in [-0.39, 0.29) is 19.0 Å². The number of aliphatic hydroxyl groups is 3. The molecule has 0 aromatic heterocycles. The Morgan fingerprint density at radius 1 is 0.957 bits per heavy atom. The Balaban J connectivity index is 2.06. The third-order valence-corrected chi connectivity index (χ3v) is 3.35. The van der Waals surface area contributed by atoms with Gasteiger partial charge in [0.1, 0.15) is 17.6 Å². The van der Waals surface area contributed by atoms with Gasteiger partial charge in [-0.1, -0.05) is 36.4 Å². The van der Waals surface area contributed by atoms with E-state index >= 15 is 0 Å². The van der Waals surface area contributed by atoms with Gasteiger partial charge in [0.15, 0.2) is 6.10 Å². The van der Waals surface area contributed by atoms with E-state index in [0.29, 0.717) is 11.3 Å². The van der Waals surface area contributed by atoms with Crippen LogP contribution in [-0.2, 0) is 0 Å². The summed E-state index contributed by atoms with van der Waals surface area (Å²) < 4.78 is 5.63. The Bertz CT molecular complexity index is 619. The van der Waals surface area contributed by atoms with Crippen LogP contribution in [0.4, 0.5) is 0 Å². The number of hydrogen-bond acceptors (Lipinski definition) is 5. The number of hydrogen-bond donors (Lipinski definition) is 4. The van der Waals surface area contributed by atoms with Crippen molar-refractivity contribution in [3.63, 3.8) is 0 Å². The van der Waals surface area contributed by atoms with Gasteiger partial charge in [-0.2, -0.15) is 0 Å². The van der Waals surface area contributed by atoms with Gasteiger partial charge in [-0.25, -0.2) is 0 Å². The first-order chi connectivity index (χ1) is 11.1. The van der Waals surface area contributed by atoms with Crippen molar-refractivity contribution in [2.75, 3.05) is 13.2 Å². The van der Waals surface area contributed by atoms with Crippen molar-refractivity contribution in [1.29, 1.82) is 0 Å². The van der Waals surface area contributed by atoms with E-state index in [1.807, 2.05) is 12.1 Å². The molecule has 2 atom stereocenters. The number of aliphatic hydroxyl groups excluding tert-OH is 3. The molecule has 0 saturated carbocycles. The van der Waals surface area contributed by atoms with Crippen LogP contribution < -0.4 is 4.74 Å². The molecule has 0 heterocycles. The summed E-state index contributed by atoms with van der Waals surface area (Å²) in [5.41, 5.74) is 1.45. The quantitative estimate of drug-likeness (QED) is 0.626. The molecule has 0 aliphatic heterocycles. The van der Waals surface area contributed by atoms with Gasteiger partial charge in [-0.15, -0.1) is 0 Å². The molecule has 5 heteroatoms. The number of rotatable bonds is 7. The zero-order valence-electron chi connectivity index (χ0n) is 12.5. The monoisotopic (exact) mass is 316 g/mol. The van der Waals surface area contributed by atoms with Crippen molar-refractivity contribution in [3.8, 4) is 11.5 Å². The van der Waals surface area contributed by atoms with E-state index in [1.54, 1.807) is 36.4 Å². The van der Waals surface area contributed by atoms with Crippen LogP contribution in [0.1, 0.15) is 17.2 Å². The van der Waals surface area contributed by atoms with Crippen LogP contribution in [0.2, 0.25) is 0 Å². The Kier molecular flexibility index (Phi) is 6.17. The molecule has 4 N–H and O–H groups in total. The lowest BCUT2D eigenvalue weighted by Gasteiger charge is -2.23. The number of aromatic hydroxyl groups is 1. The van der Waals surface area contributed by atoms with Crippen LogP contribution in [-0.4, -0.2) is 39.7 Å². The zero-order valence-corrected chi connectivity index (χ0v) is 12.5. The van der Waals surface area contributed by atoms with Gasteiger partial charge in [0.2, 0.25) is 0 Å². The molecule has 23 heavy (non-hydrogen) atoms. The van der Waals surface area contributed by atoms with Crippen LogP contribution in [0.15, 0.2) is 54.6 Å². The summed E-state index contributed by atoms with van der Waals surface area (Å²) in [4.78, 5) is 0. The fourth-order valence-corrected chi connectivity index (χ4v) is 2.11. The van der Waals surface area contributed by atoms with E-state index in [4.69, 9.17) is 9.84 Å². The highest BCUT2D eigenvalue weighted by molar-refractivity contribution is 5.50. The Labute approximate surface area is 134 Å². The molecule has 0 spiro atoms. The SMILES string of the molecule is OCC=Cc1ccc(OC(CO)C(O)c2ccc(O)cc2)cc1. The first-order valence-corrected chi connectivity index (χ1v) is 7.26. The topological polar surface area (TPSA) is 90.2 Å². The maximum atomic E-state index is 10.3. The van der Waals surface area contributed by atoms with Gasteiger partial charge in [0.05, 0.1) is 13.2 Å². The second-order valence-electron chi connectivity index (χ2n) is 5.03. The maximum Gasteiger partial charge on any atom is 0.152 e. The van der Waals surface area contributed by atoms with E-state index < -0.39 is 12.2 Å². The van der Waals surface area contributed by atoms with Crippen LogP contribution in [0.25, 0.3) is 6.08 Å². The fourth-order valence-electron chi connectivity index (χ4n) is 2.11. The molecule has 2 unspecified atom stereocenters. The van der Waals surface area contributed by atoms with Gasteiger partial charge in [0, 0.05) is 0 Å². The zero-order chi connectivity index (χ0) is 16.7. The van der Waals surface area contributed by atoms with Gasteiger partial charge in [-0.05, 0) is 35.4 Å². The summed E-state index contributed by atoms with van der Waals surface area (Å²) in [6.07, 6.45) is 1.56. The Morgan fingerprint density at radius 3 is 2.17 bits per heavy atom. The average Bonchev–Trinajstić information content (AvgIpc) is 2.59. The molecule has 0 aliphatic carbocycles. The minimum absolute atomic E-state index is 0.0241. The van der Waals surface area contributed by atoms with E-state index in [1.165, 1.54) is 12.1 Å². The maximum absolute atomic E-state index is 10.3. The van der Waals surface area contributed by atoms with Crippen molar-refractivity contribution in [2.24, 2.45) is 0 Å². The van der Waals surface area contributed by atoms with Crippen LogP contribution in [0, 0.1) is 0 Å². The standard InChI is InChI=1S/C18H20O5/c19-11-1-2-13-3-9-16(10-4-13)23-17(12-20)18(22)14-5-7-15(21)8-6-14/h1-10,17-22H,11-12H2. The molecular weight excluding hydrogens is 296 g/mol. The van der Waals surface area contributed by atoms with E-state index in [0.717, 1.165) is 5.56 Å². The number of phenolic OH excluding ortho intramolecular Hbond substituents is 1. The Hall–Kier alpha value is -2.34. The molecule has 2 rings (SSSR count). The van der Waals surface area contributed by atoms with Crippen LogP contribution in [0.3, 0.4) is 0 Å². The molecule has 0 fully saturated rings. The second kappa shape index (κ2) is 8.33. The molecule has 5 nitrogen and oxygen atoms in total. The minimum atomic E-state index is -1.02. The molecule has 0 radical (unpaired) electrons. The third-order valence-electron chi connectivity index (χ3n) is 3.35. The molecule has 0 amide bonds. The normalized spacial score (nSPS) is 13.9. The molecule has 2 aromatic carbocycles. The lowest BCUT2D eigenvalue weighted by atomic mass is 10.0. The van der Waals surface area contributed by atoms with Crippen molar-refractivity contribution in [3.05, 3.63) is 65.7 Å². The second-order valence-corrected chi connectivity index (χ2v) is 5.03. The summed E-state index contributed by atoms with van der Waals surface area (Å²) in [6.45, 7) is -0.377. The van der Waals surface area contributed by atoms with E-state index in [9.17, 15) is 15.3 Å². The summed E-state index contributed by atoms with van der Waals surface area (Å²) in [7, 11) is 0. The number of benzene rings is 2. The van der Waals surface area contributed by atoms with Gasteiger partial charge in [0.25, 0.3) is 0 Å². The average molecular weight is 316 g/mol. The van der Waals surface area contributed by atoms with Crippen molar-refractivity contribution in [1.82, 2.24) is 0 Å². The summed E-state index contributed by atoms with van der Waals surface area (Å²) in [5, 5.41) is 37.8. The fraction of sp³-hybridized carbons (Fsp3) is 0.222. The van der Waals surface area contributed by atoms with Crippen LogP contribution >= 0.6 is 0 Å². The van der Waals surface area contributed by atoms with Crippen molar-refractivity contribution in [2.45, 2.75) is 12.2 Å². The summed E-state index contributed by atoms with van der Waals surface area (Å²) >= 11 is 0. The smallest absolute Gasteiger partial charge is 0.152 e. The van der Waals surface area contributed by atoms with Crippen molar-refractivity contribution < 1.29 is 25.2 Å². The molecule has 2 aromatic rings. The van der Waals surface area contributed by atoms with Gasteiger partial charge < -0.3 is 25.2 Å². The van der Waals surface area contributed by atoms with Gasteiger partial charge in [-0.3, -0.25) is 0 Å². The minimum Gasteiger partial charge on any atom is -0.508 e. The lowest BCUT2D eigenvalue weighted by Crippen LogP contribution is -2.29. The summed E-state index contributed by atoms with van der Waals surface area (Å²) in [6, 6.07) is 13.2. The van der Waals surface area contributed by atoms with Crippen molar-refractivity contribution >= 4 is 6.08 Å². The molecular formula is C18H20O5. The van der Waals surface area contributed by atoms with Gasteiger partial charge >= 0.3 is 0 Å². The number of phenols is 1. The highest BCUT2D eigenvalue weighted by Gasteiger charge is 2.22. The predicted octanol–water partition coefficient (Wildman–Crippen LogP) is 1.87. The lowest BCUT2D eigenvalue weighted by molar-refractivity contribution is 0.000758. The number of ether oxygens (including phenoxy) is 1. The highest BCUT2D eigenvalue weighted by Crippen LogP contribution is 2.24. The highest BCUT2D eigenvalue weighted by atomic mass is 16.5. The van der Waals surface area contributed by atoms with E-state index in [2.05, 4.69) is 0 Å². The predicted molar refractivity (Wildman–Crippen MR) is 87.1 cm³/mol. The molecule has 0 aliphatic rings. The Morgan fingerprint density at radius 2 is 1.61 bits per heavy atom. The largest absolute Gasteiger partial charge is 0.508 e.